The number of aromatic amines is 1. The number of halogens is 1. The molecule has 0 unspecified atom stereocenters. The van der Waals surface area contributed by atoms with Gasteiger partial charge in [-0.1, -0.05) is 17.7 Å². The zero-order chi connectivity index (χ0) is 16.3. The summed E-state index contributed by atoms with van der Waals surface area (Å²) in [5.74, 6) is -1.40. The number of rotatable bonds is 1. The number of H-pyrrole nitrogens is 1. The highest BCUT2D eigenvalue weighted by Gasteiger charge is 2.32. The zero-order valence-corrected chi connectivity index (χ0v) is 12.1. The average Bonchev–Trinajstić information content (AvgIpc) is 3.01. The number of carbonyl (C=O) groups is 2. The van der Waals surface area contributed by atoms with Gasteiger partial charge in [-0.05, 0) is 12.1 Å². The van der Waals surface area contributed by atoms with E-state index in [1.54, 1.807) is 18.2 Å². The van der Waals surface area contributed by atoms with E-state index in [4.69, 9.17) is 17.3 Å². The van der Waals surface area contributed by atoms with Crippen molar-refractivity contribution in [1.82, 2.24) is 20.1 Å². The van der Waals surface area contributed by atoms with Crippen LogP contribution in [0, 0.1) is 0 Å². The van der Waals surface area contributed by atoms with Gasteiger partial charge in [0.1, 0.15) is 16.5 Å². The lowest BCUT2D eigenvalue weighted by atomic mass is 10.1. The van der Waals surface area contributed by atoms with Crippen LogP contribution in [0.1, 0.15) is 20.7 Å². The fraction of sp³-hybridized carbons (Fsp3) is 0. The van der Waals surface area contributed by atoms with Crippen molar-refractivity contribution in [3.05, 3.63) is 50.9 Å². The monoisotopic (exact) mass is 329 g/mol. The lowest BCUT2D eigenvalue weighted by molar-refractivity contribution is 0.0880. The Bertz CT molecular complexity index is 1080. The first-order valence-corrected chi connectivity index (χ1v) is 6.91. The number of amides is 2. The van der Waals surface area contributed by atoms with Gasteiger partial charge in [-0.2, -0.15) is 5.10 Å². The summed E-state index contributed by atoms with van der Waals surface area (Å²) >= 11 is 6.00. The molecule has 0 saturated carbocycles. The van der Waals surface area contributed by atoms with Gasteiger partial charge in [0.05, 0.1) is 16.8 Å². The predicted octanol–water partition coefficient (Wildman–Crippen LogP) is 0.833. The van der Waals surface area contributed by atoms with Crippen molar-refractivity contribution in [2.24, 2.45) is 0 Å². The smallest absolute Gasteiger partial charge is 0.262 e. The summed E-state index contributed by atoms with van der Waals surface area (Å²) in [6.45, 7) is 0. The highest BCUT2D eigenvalue weighted by Crippen LogP contribution is 2.28. The Balaban J connectivity index is 2.11. The normalized spacial score (nSPS) is 13.4. The molecule has 0 saturated heterocycles. The van der Waals surface area contributed by atoms with E-state index in [1.165, 1.54) is 0 Å². The molecule has 0 fully saturated rings. The molecular formula is C14H8ClN5O3. The summed E-state index contributed by atoms with van der Waals surface area (Å²) in [5.41, 5.74) is 6.20. The van der Waals surface area contributed by atoms with Crippen LogP contribution in [0.25, 0.3) is 16.6 Å². The first-order chi connectivity index (χ1) is 11.0. The minimum atomic E-state index is -0.637. The van der Waals surface area contributed by atoms with Gasteiger partial charge in [-0.15, -0.1) is 0 Å². The number of fused-ring (bicyclic) bond motifs is 2. The second-order valence-electron chi connectivity index (χ2n) is 4.99. The fourth-order valence-electron chi connectivity index (χ4n) is 2.70. The molecule has 1 aliphatic rings. The SMILES string of the molecule is Nc1c2c(cc(=O)n1-c1cccc3c(Cl)[nH]nc13)C(=O)NC2=O. The Kier molecular flexibility index (Phi) is 2.61. The lowest BCUT2D eigenvalue weighted by Gasteiger charge is -2.12. The summed E-state index contributed by atoms with van der Waals surface area (Å²) in [6, 6.07) is 6.12. The fourth-order valence-corrected chi connectivity index (χ4v) is 2.89. The van der Waals surface area contributed by atoms with E-state index in [0.29, 0.717) is 21.7 Å². The van der Waals surface area contributed by atoms with Crippen LogP contribution in [0.3, 0.4) is 0 Å². The van der Waals surface area contributed by atoms with Crippen LogP contribution in [0.2, 0.25) is 5.15 Å². The number of pyridine rings is 1. The van der Waals surface area contributed by atoms with Gasteiger partial charge in [-0.25, -0.2) is 0 Å². The van der Waals surface area contributed by atoms with Gasteiger partial charge in [0.2, 0.25) is 0 Å². The molecule has 0 atom stereocenters. The van der Waals surface area contributed by atoms with Gasteiger partial charge in [0, 0.05) is 11.5 Å². The van der Waals surface area contributed by atoms with Crippen LogP contribution >= 0.6 is 11.6 Å². The van der Waals surface area contributed by atoms with Gasteiger partial charge >= 0.3 is 0 Å². The van der Waals surface area contributed by atoms with Crippen molar-refractivity contribution < 1.29 is 9.59 Å². The standard InChI is InChI=1S/C14H8ClN5O3/c15-11-5-2-1-3-7(10(5)18-19-11)20-8(21)4-6-9(12(20)16)14(23)17-13(6)22/h1-4H,16H2,(H,18,19)(H,17,22,23). The highest BCUT2D eigenvalue weighted by molar-refractivity contribution is 6.34. The van der Waals surface area contributed by atoms with E-state index < -0.39 is 17.4 Å². The number of para-hydroxylation sites is 1. The first kappa shape index (κ1) is 13.5. The molecule has 0 bridgehead atoms. The summed E-state index contributed by atoms with van der Waals surface area (Å²) in [5, 5.41) is 9.73. The molecule has 1 aromatic carbocycles. The molecule has 2 aromatic heterocycles. The number of nitrogens with two attached hydrogens (primary N) is 1. The molecule has 3 aromatic rings. The second-order valence-corrected chi connectivity index (χ2v) is 5.36. The van der Waals surface area contributed by atoms with E-state index in [9.17, 15) is 14.4 Å². The van der Waals surface area contributed by atoms with Gasteiger partial charge in [0.25, 0.3) is 17.4 Å². The number of imide groups is 1. The van der Waals surface area contributed by atoms with Crippen molar-refractivity contribution in [3.8, 4) is 5.69 Å². The van der Waals surface area contributed by atoms with Crippen LogP contribution in [-0.2, 0) is 0 Å². The first-order valence-electron chi connectivity index (χ1n) is 6.53. The third-order valence-electron chi connectivity index (χ3n) is 3.71. The Morgan fingerprint density at radius 2 is 1.96 bits per heavy atom. The molecule has 0 radical (unpaired) electrons. The summed E-state index contributed by atoms with van der Waals surface area (Å²) in [7, 11) is 0. The molecule has 114 valence electrons. The van der Waals surface area contributed by atoms with E-state index in [2.05, 4.69) is 15.5 Å². The van der Waals surface area contributed by atoms with Crippen molar-refractivity contribution in [1.29, 1.82) is 0 Å². The van der Waals surface area contributed by atoms with E-state index >= 15 is 0 Å². The molecule has 4 rings (SSSR count). The Hall–Kier alpha value is -3.13. The number of benzene rings is 1. The lowest BCUT2D eigenvalue weighted by Crippen LogP contribution is -2.24. The molecule has 0 aliphatic carbocycles. The number of nitrogens with one attached hydrogen (secondary N) is 2. The van der Waals surface area contributed by atoms with E-state index in [-0.39, 0.29) is 16.9 Å². The minimum Gasteiger partial charge on any atom is -0.384 e. The average molecular weight is 330 g/mol. The molecule has 8 nitrogen and oxygen atoms in total. The Labute approximate surface area is 132 Å². The quantitative estimate of drug-likeness (QED) is 0.571. The molecule has 9 heteroatoms. The number of carbonyl (C=O) groups excluding carboxylic acids is 2. The summed E-state index contributed by atoms with van der Waals surface area (Å²) in [6.07, 6.45) is 0. The van der Waals surface area contributed by atoms with Crippen LogP contribution < -0.4 is 16.6 Å². The van der Waals surface area contributed by atoms with Crippen LogP contribution in [0.15, 0.2) is 29.1 Å². The summed E-state index contributed by atoms with van der Waals surface area (Å²) in [4.78, 5) is 36.0. The molecule has 23 heavy (non-hydrogen) atoms. The van der Waals surface area contributed by atoms with Crippen LogP contribution in [0.4, 0.5) is 5.82 Å². The highest BCUT2D eigenvalue weighted by atomic mass is 35.5. The number of aromatic nitrogens is 3. The number of nitrogens with zero attached hydrogens (tertiary/aromatic N) is 2. The van der Waals surface area contributed by atoms with Gasteiger partial charge in [-0.3, -0.25) is 29.4 Å². The third kappa shape index (κ3) is 1.72. The van der Waals surface area contributed by atoms with Crippen LogP contribution in [0.5, 0.6) is 0 Å². The molecule has 0 spiro atoms. The van der Waals surface area contributed by atoms with Crippen molar-refractivity contribution in [2.75, 3.05) is 5.73 Å². The maximum atomic E-state index is 12.4. The van der Waals surface area contributed by atoms with E-state index in [0.717, 1.165) is 10.6 Å². The molecule has 1 aliphatic heterocycles. The molecule has 2 amide bonds. The largest absolute Gasteiger partial charge is 0.384 e. The third-order valence-corrected chi connectivity index (χ3v) is 4.00. The zero-order valence-electron chi connectivity index (χ0n) is 11.4. The number of hydrogen-bond donors (Lipinski definition) is 3. The maximum Gasteiger partial charge on any atom is 0.262 e. The predicted molar refractivity (Wildman–Crippen MR) is 82.9 cm³/mol. The summed E-state index contributed by atoms with van der Waals surface area (Å²) < 4.78 is 1.14. The number of hydrogen-bond acceptors (Lipinski definition) is 5. The number of nitrogen functional groups attached to an aromatic ring is 1. The maximum absolute atomic E-state index is 12.4. The van der Waals surface area contributed by atoms with Gasteiger partial charge in [0.15, 0.2) is 0 Å². The van der Waals surface area contributed by atoms with Gasteiger partial charge < -0.3 is 5.73 Å². The Morgan fingerprint density at radius 3 is 2.74 bits per heavy atom. The van der Waals surface area contributed by atoms with E-state index in [1.807, 2.05) is 0 Å². The molecule has 3 heterocycles. The Morgan fingerprint density at radius 1 is 1.17 bits per heavy atom. The van der Waals surface area contributed by atoms with Crippen molar-refractivity contribution in [2.45, 2.75) is 0 Å². The van der Waals surface area contributed by atoms with Crippen molar-refractivity contribution >= 4 is 40.1 Å². The van der Waals surface area contributed by atoms with Crippen LogP contribution in [-0.4, -0.2) is 26.6 Å². The second kappa shape index (κ2) is 4.43. The number of anilines is 1. The molecular weight excluding hydrogens is 322 g/mol. The molecule has 4 N–H and O–H groups in total. The minimum absolute atomic E-state index is 0.0202. The topological polar surface area (TPSA) is 123 Å². The van der Waals surface area contributed by atoms with Crippen molar-refractivity contribution in [3.63, 3.8) is 0 Å².